The molecule has 27 heavy (non-hydrogen) atoms. The van der Waals surface area contributed by atoms with Crippen LogP contribution in [0.4, 0.5) is 0 Å². The maximum absolute atomic E-state index is 11.5. The first-order valence-electron chi connectivity index (χ1n) is 7.99. The molecule has 11 heteroatoms. The van der Waals surface area contributed by atoms with Gasteiger partial charge in [-0.25, -0.2) is 0 Å². The van der Waals surface area contributed by atoms with E-state index < -0.39 is 67.2 Å². The predicted octanol–water partition coefficient (Wildman–Crippen LogP) is -0.367. The quantitative estimate of drug-likeness (QED) is 0.433. The van der Waals surface area contributed by atoms with Gasteiger partial charge >= 0.3 is 29.8 Å². The highest BCUT2D eigenvalue weighted by Crippen LogP contribution is 2.29. The molecule has 0 bridgehead atoms. The van der Waals surface area contributed by atoms with Gasteiger partial charge in [0.15, 0.2) is 12.2 Å². The van der Waals surface area contributed by atoms with E-state index in [1.165, 1.54) is 0 Å². The van der Waals surface area contributed by atoms with Crippen LogP contribution in [0.1, 0.15) is 34.6 Å². The van der Waals surface area contributed by atoms with E-state index in [-0.39, 0.29) is 0 Å². The molecular formula is C16H22O11. The molecule has 11 nitrogen and oxygen atoms in total. The number of carbonyl (C=O) groups excluding carboxylic acids is 5. The fourth-order valence-electron chi connectivity index (χ4n) is 2.45. The van der Waals surface area contributed by atoms with Crippen LogP contribution in [0.2, 0.25) is 0 Å². The van der Waals surface area contributed by atoms with Gasteiger partial charge in [0, 0.05) is 34.6 Å². The maximum atomic E-state index is 11.5. The molecule has 1 saturated heterocycles. The Bertz CT molecular complexity index is 599. The van der Waals surface area contributed by atoms with Gasteiger partial charge in [0.05, 0.1) is 0 Å². The van der Waals surface area contributed by atoms with E-state index in [4.69, 9.17) is 28.4 Å². The third kappa shape index (κ3) is 7.21. The van der Waals surface area contributed by atoms with Crippen molar-refractivity contribution < 1.29 is 52.4 Å². The van der Waals surface area contributed by atoms with Gasteiger partial charge in [-0.2, -0.15) is 0 Å². The molecule has 0 amide bonds. The van der Waals surface area contributed by atoms with Gasteiger partial charge in [-0.1, -0.05) is 0 Å². The van der Waals surface area contributed by atoms with Crippen LogP contribution in [0.3, 0.4) is 0 Å². The summed E-state index contributed by atoms with van der Waals surface area (Å²) in [7, 11) is 0. The van der Waals surface area contributed by atoms with Crippen molar-refractivity contribution >= 4 is 29.8 Å². The van der Waals surface area contributed by atoms with E-state index >= 15 is 0 Å². The van der Waals surface area contributed by atoms with Gasteiger partial charge in [-0.15, -0.1) is 0 Å². The Hall–Kier alpha value is -2.69. The molecule has 0 spiro atoms. The maximum Gasteiger partial charge on any atom is 0.305 e. The molecule has 0 radical (unpaired) electrons. The summed E-state index contributed by atoms with van der Waals surface area (Å²) >= 11 is 0. The number of hydrogen-bond donors (Lipinski definition) is 0. The SMILES string of the molecule is CC(=O)OCC1OC(OC(C)=O)[C@@H](OC(C)=O)[C@H](OC(C)=O)[C@@H]1OC(C)=O. The summed E-state index contributed by atoms with van der Waals surface area (Å²) in [4.78, 5) is 57.0. The van der Waals surface area contributed by atoms with Crippen LogP contribution in [0.5, 0.6) is 0 Å². The topological polar surface area (TPSA) is 141 Å². The lowest BCUT2D eigenvalue weighted by Gasteiger charge is -2.43. The molecule has 0 aromatic rings. The lowest BCUT2D eigenvalue weighted by Crippen LogP contribution is -2.63. The van der Waals surface area contributed by atoms with Gasteiger partial charge in [0.2, 0.25) is 12.4 Å². The molecule has 0 N–H and O–H groups in total. The second-order valence-corrected chi connectivity index (χ2v) is 5.68. The molecule has 2 unspecified atom stereocenters. The zero-order valence-corrected chi connectivity index (χ0v) is 15.6. The van der Waals surface area contributed by atoms with Gasteiger partial charge in [0.1, 0.15) is 12.7 Å². The highest BCUT2D eigenvalue weighted by atomic mass is 16.7. The van der Waals surface area contributed by atoms with Gasteiger partial charge in [-0.05, 0) is 0 Å². The summed E-state index contributed by atoms with van der Waals surface area (Å²) in [6, 6.07) is 0. The highest BCUT2D eigenvalue weighted by molar-refractivity contribution is 5.69. The first-order valence-corrected chi connectivity index (χ1v) is 7.99. The van der Waals surface area contributed by atoms with Crippen LogP contribution in [-0.4, -0.2) is 67.2 Å². The zero-order valence-electron chi connectivity index (χ0n) is 15.6. The monoisotopic (exact) mass is 390 g/mol. The van der Waals surface area contributed by atoms with Crippen LogP contribution in [-0.2, 0) is 52.4 Å². The molecule has 152 valence electrons. The minimum absolute atomic E-state index is 0.393. The van der Waals surface area contributed by atoms with Crippen molar-refractivity contribution in [3.8, 4) is 0 Å². The minimum Gasteiger partial charge on any atom is -0.463 e. The Kier molecular flexibility index (Phi) is 8.16. The van der Waals surface area contributed by atoms with Crippen molar-refractivity contribution in [3.05, 3.63) is 0 Å². The molecule has 5 atom stereocenters. The third-order valence-electron chi connectivity index (χ3n) is 3.23. The Morgan fingerprint density at radius 2 is 1.07 bits per heavy atom. The van der Waals surface area contributed by atoms with Crippen molar-refractivity contribution in [2.75, 3.05) is 6.61 Å². The minimum atomic E-state index is -1.48. The summed E-state index contributed by atoms with van der Waals surface area (Å²) < 4.78 is 30.8. The molecule has 0 aromatic heterocycles. The van der Waals surface area contributed by atoms with Gasteiger partial charge < -0.3 is 28.4 Å². The molecule has 1 aliphatic rings. The van der Waals surface area contributed by atoms with E-state index in [9.17, 15) is 24.0 Å². The lowest BCUT2D eigenvalue weighted by molar-refractivity contribution is -0.300. The van der Waals surface area contributed by atoms with E-state index in [0.717, 1.165) is 34.6 Å². The Morgan fingerprint density at radius 3 is 1.52 bits per heavy atom. The van der Waals surface area contributed by atoms with Crippen LogP contribution >= 0.6 is 0 Å². The largest absolute Gasteiger partial charge is 0.463 e. The Labute approximate surface area is 155 Å². The van der Waals surface area contributed by atoms with Gasteiger partial charge in [-0.3, -0.25) is 24.0 Å². The van der Waals surface area contributed by atoms with E-state index in [2.05, 4.69) is 0 Å². The molecular weight excluding hydrogens is 368 g/mol. The molecule has 0 saturated carbocycles. The molecule has 1 aliphatic heterocycles. The molecule has 0 aromatic carbocycles. The van der Waals surface area contributed by atoms with Crippen LogP contribution in [0, 0.1) is 0 Å². The molecule has 1 rings (SSSR count). The number of rotatable bonds is 6. The normalized spacial score (nSPS) is 27.1. The summed E-state index contributed by atoms with van der Waals surface area (Å²) in [5.74, 6) is -3.71. The van der Waals surface area contributed by atoms with Crippen molar-refractivity contribution in [2.24, 2.45) is 0 Å². The Balaban J connectivity index is 3.29. The van der Waals surface area contributed by atoms with Crippen LogP contribution in [0.15, 0.2) is 0 Å². The first-order chi connectivity index (χ1) is 12.5. The van der Waals surface area contributed by atoms with E-state index in [0.29, 0.717) is 0 Å². The molecule has 0 aliphatic carbocycles. The molecule has 1 heterocycles. The summed E-state index contributed by atoms with van der Waals surface area (Å²) in [5.41, 5.74) is 0. The van der Waals surface area contributed by atoms with E-state index in [1.807, 2.05) is 0 Å². The first kappa shape index (κ1) is 22.4. The Morgan fingerprint density at radius 1 is 0.630 bits per heavy atom. The number of carbonyl (C=O) groups is 5. The fraction of sp³-hybridized carbons (Fsp3) is 0.688. The van der Waals surface area contributed by atoms with Crippen molar-refractivity contribution in [1.82, 2.24) is 0 Å². The predicted molar refractivity (Wildman–Crippen MR) is 83.7 cm³/mol. The lowest BCUT2D eigenvalue weighted by atomic mass is 9.98. The summed E-state index contributed by atoms with van der Waals surface area (Å²) in [6.45, 7) is 5.13. The smallest absolute Gasteiger partial charge is 0.305 e. The molecule has 1 fully saturated rings. The van der Waals surface area contributed by atoms with Crippen molar-refractivity contribution in [1.29, 1.82) is 0 Å². The number of hydrogen-bond acceptors (Lipinski definition) is 11. The number of esters is 5. The van der Waals surface area contributed by atoms with Crippen LogP contribution < -0.4 is 0 Å². The second kappa shape index (κ2) is 9.86. The van der Waals surface area contributed by atoms with Gasteiger partial charge in [0.25, 0.3) is 0 Å². The van der Waals surface area contributed by atoms with Crippen molar-refractivity contribution in [2.45, 2.75) is 65.3 Å². The van der Waals surface area contributed by atoms with Crippen molar-refractivity contribution in [3.63, 3.8) is 0 Å². The third-order valence-corrected chi connectivity index (χ3v) is 3.23. The average Bonchev–Trinajstić information content (AvgIpc) is 2.49. The van der Waals surface area contributed by atoms with E-state index in [1.54, 1.807) is 0 Å². The fourth-order valence-corrected chi connectivity index (χ4v) is 2.45. The standard InChI is InChI=1S/C16H22O11/c1-7(17)22-6-12-13(23-8(2)18)14(24-9(3)19)15(25-10(4)20)16(27-12)26-11(5)21/h12-16H,6H2,1-5H3/t12?,13-,14-,15+,16?/m1/s1. The summed E-state index contributed by atoms with van der Waals surface area (Å²) in [6.07, 6.45) is -6.70. The highest BCUT2D eigenvalue weighted by Gasteiger charge is 2.53. The zero-order chi connectivity index (χ0) is 20.7. The average molecular weight is 390 g/mol. The number of ether oxygens (including phenoxy) is 6. The second-order valence-electron chi connectivity index (χ2n) is 5.68. The summed E-state index contributed by atoms with van der Waals surface area (Å²) in [5, 5.41) is 0. The van der Waals surface area contributed by atoms with Crippen LogP contribution in [0.25, 0.3) is 0 Å².